The number of carbonyl (C=O) groups excluding carboxylic acids is 1. The van der Waals surface area contributed by atoms with Gasteiger partial charge in [-0.2, -0.15) is 0 Å². The Balaban J connectivity index is 2.06. The fraction of sp³-hybridized carbons (Fsp3) is 0.417. The van der Waals surface area contributed by atoms with E-state index in [-0.39, 0.29) is 5.91 Å². The summed E-state index contributed by atoms with van der Waals surface area (Å²) in [6.07, 6.45) is 0.575. The van der Waals surface area contributed by atoms with Gasteiger partial charge in [0.2, 0.25) is 5.91 Å². The van der Waals surface area contributed by atoms with Crippen molar-refractivity contribution in [2.24, 2.45) is 11.7 Å². The van der Waals surface area contributed by atoms with Crippen molar-refractivity contribution in [3.05, 3.63) is 33.3 Å². The highest BCUT2D eigenvalue weighted by Gasteiger charge is 2.28. The largest absolute Gasteiger partial charge is 0.338 e. The Kier molecular flexibility index (Phi) is 4.07. The van der Waals surface area contributed by atoms with E-state index in [0.29, 0.717) is 30.5 Å². The van der Waals surface area contributed by atoms with Gasteiger partial charge in [0.25, 0.3) is 0 Å². The molecule has 1 saturated heterocycles. The quantitative estimate of drug-likeness (QED) is 0.930. The minimum absolute atomic E-state index is 0.187. The number of rotatable bonds is 3. The lowest BCUT2D eigenvalue weighted by Gasteiger charge is -2.16. The van der Waals surface area contributed by atoms with E-state index in [0.717, 1.165) is 16.6 Å². The molecule has 1 aromatic rings. The van der Waals surface area contributed by atoms with Crippen molar-refractivity contribution < 1.29 is 4.79 Å². The normalized spacial score (nSPS) is 20.1. The summed E-state index contributed by atoms with van der Waals surface area (Å²) >= 11 is 9.31. The molecule has 1 atom stereocenters. The molecule has 1 unspecified atom stereocenters. The van der Waals surface area contributed by atoms with Crippen LogP contribution in [0.5, 0.6) is 0 Å². The average molecular weight is 318 g/mol. The first kappa shape index (κ1) is 12.9. The van der Waals surface area contributed by atoms with E-state index in [1.807, 2.05) is 23.1 Å². The number of halogens is 2. The molecule has 0 spiro atoms. The Hall–Kier alpha value is -0.580. The van der Waals surface area contributed by atoms with Crippen molar-refractivity contribution in [3.63, 3.8) is 0 Å². The summed E-state index contributed by atoms with van der Waals surface area (Å²) in [7, 11) is 0. The maximum Gasteiger partial charge on any atom is 0.223 e. The van der Waals surface area contributed by atoms with Crippen LogP contribution in [0.4, 0.5) is 0 Å². The van der Waals surface area contributed by atoms with Gasteiger partial charge in [-0.1, -0.05) is 17.7 Å². The van der Waals surface area contributed by atoms with Gasteiger partial charge in [0.1, 0.15) is 0 Å². The van der Waals surface area contributed by atoms with E-state index in [2.05, 4.69) is 15.9 Å². The first-order chi connectivity index (χ1) is 8.10. The first-order valence-electron chi connectivity index (χ1n) is 5.52. The molecule has 1 aliphatic rings. The average Bonchev–Trinajstić information content (AvgIpc) is 2.65. The van der Waals surface area contributed by atoms with Crippen LogP contribution in [0.25, 0.3) is 0 Å². The molecule has 0 radical (unpaired) electrons. The van der Waals surface area contributed by atoms with E-state index in [1.54, 1.807) is 0 Å². The van der Waals surface area contributed by atoms with Crippen molar-refractivity contribution in [1.82, 2.24) is 4.90 Å². The monoisotopic (exact) mass is 316 g/mol. The molecule has 3 nitrogen and oxygen atoms in total. The lowest BCUT2D eigenvalue weighted by Crippen LogP contribution is -2.25. The van der Waals surface area contributed by atoms with Crippen LogP contribution in [0, 0.1) is 5.92 Å². The van der Waals surface area contributed by atoms with Crippen molar-refractivity contribution in [1.29, 1.82) is 0 Å². The molecule has 2 N–H and O–H groups in total. The summed E-state index contributed by atoms with van der Waals surface area (Å²) in [5.74, 6) is 0.491. The molecule has 0 aromatic heterocycles. The second kappa shape index (κ2) is 5.38. The van der Waals surface area contributed by atoms with Crippen LogP contribution >= 0.6 is 27.5 Å². The molecule has 1 aromatic carbocycles. The van der Waals surface area contributed by atoms with Gasteiger partial charge in [-0.05, 0) is 46.1 Å². The maximum atomic E-state index is 11.7. The third-order valence-corrected chi connectivity index (χ3v) is 4.20. The standard InChI is InChI=1S/C12H14BrClN2O/c13-10-3-8(1-2-11(10)14)6-16-7-9(5-15)4-12(16)17/h1-3,9H,4-7,15H2. The molecule has 0 bridgehead atoms. The molecule has 92 valence electrons. The van der Waals surface area contributed by atoms with Gasteiger partial charge in [0.15, 0.2) is 0 Å². The molecule has 0 aliphatic carbocycles. The number of likely N-dealkylation sites (tertiary alicyclic amines) is 1. The van der Waals surface area contributed by atoms with E-state index < -0.39 is 0 Å². The fourth-order valence-corrected chi connectivity index (χ4v) is 2.57. The summed E-state index contributed by atoms with van der Waals surface area (Å²) in [6.45, 7) is 1.97. The van der Waals surface area contributed by atoms with Gasteiger partial charge < -0.3 is 10.6 Å². The number of hydrogen-bond donors (Lipinski definition) is 1. The lowest BCUT2D eigenvalue weighted by atomic mass is 10.1. The van der Waals surface area contributed by atoms with Gasteiger partial charge in [-0.3, -0.25) is 4.79 Å². The number of nitrogens with zero attached hydrogens (tertiary/aromatic N) is 1. The highest BCUT2D eigenvalue weighted by Crippen LogP contribution is 2.25. The summed E-state index contributed by atoms with van der Waals surface area (Å²) in [6, 6.07) is 5.73. The molecular formula is C12H14BrClN2O. The van der Waals surface area contributed by atoms with Crippen LogP contribution in [0.2, 0.25) is 5.02 Å². The Bertz CT molecular complexity index is 439. The zero-order valence-electron chi connectivity index (χ0n) is 9.33. The van der Waals surface area contributed by atoms with Crippen LogP contribution < -0.4 is 5.73 Å². The fourth-order valence-electron chi connectivity index (χ4n) is 2.02. The van der Waals surface area contributed by atoms with Crippen molar-refractivity contribution in [3.8, 4) is 0 Å². The summed E-state index contributed by atoms with van der Waals surface area (Å²) < 4.78 is 0.860. The SMILES string of the molecule is NCC1CC(=O)N(Cc2ccc(Cl)c(Br)c2)C1. The minimum Gasteiger partial charge on any atom is -0.338 e. The van der Waals surface area contributed by atoms with Gasteiger partial charge in [-0.15, -0.1) is 0 Å². The second-order valence-electron chi connectivity index (χ2n) is 4.33. The van der Waals surface area contributed by atoms with Crippen LogP contribution in [0.15, 0.2) is 22.7 Å². The van der Waals surface area contributed by atoms with Crippen molar-refractivity contribution >= 4 is 33.4 Å². The Morgan fingerprint density at radius 1 is 1.53 bits per heavy atom. The Labute approximate surface area is 114 Å². The summed E-state index contributed by atoms with van der Waals surface area (Å²) in [4.78, 5) is 13.6. The van der Waals surface area contributed by atoms with E-state index in [4.69, 9.17) is 17.3 Å². The summed E-state index contributed by atoms with van der Waals surface area (Å²) in [5.41, 5.74) is 6.67. The van der Waals surface area contributed by atoms with Gasteiger partial charge >= 0.3 is 0 Å². The molecule has 17 heavy (non-hydrogen) atoms. The maximum absolute atomic E-state index is 11.7. The zero-order chi connectivity index (χ0) is 12.4. The zero-order valence-corrected chi connectivity index (χ0v) is 11.7. The molecular weight excluding hydrogens is 304 g/mol. The van der Waals surface area contributed by atoms with Gasteiger partial charge in [0.05, 0.1) is 5.02 Å². The molecule has 1 aliphatic heterocycles. The topological polar surface area (TPSA) is 46.3 Å². The number of nitrogens with two attached hydrogens (primary N) is 1. The molecule has 0 saturated carbocycles. The van der Waals surface area contributed by atoms with Crippen LogP contribution in [0.3, 0.4) is 0 Å². The van der Waals surface area contributed by atoms with Crippen LogP contribution in [-0.4, -0.2) is 23.9 Å². The van der Waals surface area contributed by atoms with E-state index in [1.165, 1.54) is 0 Å². The predicted molar refractivity (Wildman–Crippen MR) is 71.7 cm³/mol. The first-order valence-corrected chi connectivity index (χ1v) is 6.69. The van der Waals surface area contributed by atoms with Crippen LogP contribution in [-0.2, 0) is 11.3 Å². The van der Waals surface area contributed by atoms with Gasteiger partial charge in [-0.25, -0.2) is 0 Å². The number of benzene rings is 1. The second-order valence-corrected chi connectivity index (χ2v) is 5.59. The lowest BCUT2D eigenvalue weighted by molar-refractivity contribution is -0.128. The highest BCUT2D eigenvalue weighted by atomic mass is 79.9. The molecule has 2 rings (SSSR count). The van der Waals surface area contributed by atoms with E-state index in [9.17, 15) is 4.79 Å². The number of carbonyl (C=O) groups is 1. The van der Waals surface area contributed by atoms with Gasteiger partial charge in [0, 0.05) is 24.0 Å². The molecule has 1 fully saturated rings. The smallest absolute Gasteiger partial charge is 0.223 e. The minimum atomic E-state index is 0.187. The summed E-state index contributed by atoms with van der Waals surface area (Å²) in [5, 5.41) is 0.682. The van der Waals surface area contributed by atoms with E-state index >= 15 is 0 Å². The van der Waals surface area contributed by atoms with Crippen molar-refractivity contribution in [2.45, 2.75) is 13.0 Å². The third-order valence-electron chi connectivity index (χ3n) is 2.99. The molecule has 1 amide bonds. The van der Waals surface area contributed by atoms with Crippen molar-refractivity contribution in [2.75, 3.05) is 13.1 Å². The Morgan fingerprint density at radius 2 is 2.29 bits per heavy atom. The number of hydrogen-bond acceptors (Lipinski definition) is 2. The number of amides is 1. The molecule has 1 heterocycles. The highest BCUT2D eigenvalue weighted by molar-refractivity contribution is 9.10. The van der Waals surface area contributed by atoms with Crippen LogP contribution in [0.1, 0.15) is 12.0 Å². The predicted octanol–water partition coefficient (Wildman–Crippen LogP) is 2.41. The third kappa shape index (κ3) is 3.00. The Morgan fingerprint density at radius 3 is 2.88 bits per heavy atom. The molecule has 5 heteroatoms.